The number of sulfonamides is 1. The van der Waals surface area contributed by atoms with Gasteiger partial charge in [0.1, 0.15) is 11.6 Å². The van der Waals surface area contributed by atoms with Crippen LogP contribution in [0.2, 0.25) is 0 Å². The highest BCUT2D eigenvalue weighted by Crippen LogP contribution is 2.30. The van der Waals surface area contributed by atoms with Crippen molar-refractivity contribution in [1.82, 2.24) is 18.7 Å². The molecule has 8 nitrogen and oxygen atoms in total. The lowest BCUT2D eigenvalue weighted by Crippen LogP contribution is -2.38. The van der Waals surface area contributed by atoms with Gasteiger partial charge >= 0.3 is 5.69 Å². The topological polar surface area (TPSA) is 86.4 Å². The number of aromatic nitrogens is 3. The minimum atomic E-state index is -3.58. The highest BCUT2D eigenvalue weighted by molar-refractivity contribution is 7.89. The van der Waals surface area contributed by atoms with Gasteiger partial charge in [0.2, 0.25) is 10.0 Å². The largest absolute Gasteiger partial charge is 0.494 e. The van der Waals surface area contributed by atoms with Crippen molar-refractivity contribution in [3.8, 4) is 5.75 Å². The Bertz CT molecular complexity index is 1230. The molecule has 1 aliphatic heterocycles. The van der Waals surface area contributed by atoms with Gasteiger partial charge in [-0.05, 0) is 56.5 Å². The second-order valence-corrected chi connectivity index (χ2v) is 10.0. The van der Waals surface area contributed by atoms with E-state index in [4.69, 9.17) is 4.74 Å². The van der Waals surface area contributed by atoms with E-state index < -0.39 is 10.0 Å². The average molecular weight is 471 g/mol. The minimum absolute atomic E-state index is 0.0430. The lowest BCUT2D eigenvalue weighted by molar-refractivity contribution is 0.308. The van der Waals surface area contributed by atoms with Crippen molar-refractivity contribution in [2.24, 2.45) is 0 Å². The van der Waals surface area contributed by atoms with Gasteiger partial charge in [0.15, 0.2) is 0 Å². The van der Waals surface area contributed by atoms with E-state index in [9.17, 15) is 13.2 Å². The molecule has 0 atom stereocenters. The van der Waals surface area contributed by atoms with Gasteiger partial charge in [-0.2, -0.15) is 9.40 Å². The zero-order chi connectivity index (χ0) is 23.4. The fraction of sp³-hybridized carbons (Fsp3) is 0.417. The first-order valence-corrected chi connectivity index (χ1v) is 12.8. The van der Waals surface area contributed by atoms with E-state index in [1.165, 1.54) is 8.99 Å². The predicted octanol–water partition coefficient (Wildman–Crippen LogP) is 3.08. The second kappa shape index (κ2) is 9.93. The lowest BCUT2D eigenvalue weighted by Gasteiger charge is -2.30. The Hall–Kier alpha value is -2.91. The third-order valence-electron chi connectivity index (χ3n) is 6.03. The van der Waals surface area contributed by atoms with Crippen LogP contribution in [0.3, 0.4) is 0 Å². The molecule has 3 aromatic rings. The Morgan fingerprint density at radius 3 is 2.27 bits per heavy atom. The summed E-state index contributed by atoms with van der Waals surface area (Å²) in [7, 11) is -3.58. The van der Waals surface area contributed by atoms with Crippen LogP contribution in [0.15, 0.2) is 64.3 Å². The van der Waals surface area contributed by atoms with Crippen molar-refractivity contribution in [3.05, 3.63) is 76.5 Å². The zero-order valence-corrected chi connectivity index (χ0v) is 19.9. The summed E-state index contributed by atoms with van der Waals surface area (Å²) in [5.41, 5.74) is 0.893. The summed E-state index contributed by atoms with van der Waals surface area (Å²) in [6.07, 6.45) is 1.25. The third kappa shape index (κ3) is 4.89. The number of rotatable bonds is 8. The first-order chi connectivity index (χ1) is 15.9. The first-order valence-electron chi connectivity index (χ1n) is 11.4. The molecule has 1 saturated heterocycles. The van der Waals surface area contributed by atoms with Crippen molar-refractivity contribution >= 4 is 10.0 Å². The molecule has 0 aliphatic carbocycles. The lowest BCUT2D eigenvalue weighted by atomic mass is 9.97. The first kappa shape index (κ1) is 23.3. The van der Waals surface area contributed by atoms with Gasteiger partial charge in [-0.25, -0.2) is 17.9 Å². The minimum Gasteiger partial charge on any atom is -0.494 e. The van der Waals surface area contributed by atoms with E-state index in [2.05, 4.69) is 5.10 Å². The summed E-state index contributed by atoms with van der Waals surface area (Å²) in [5, 5.41) is 4.66. The summed E-state index contributed by atoms with van der Waals surface area (Å²) < 4.78 is 36.3. The van der Waals surface area contributed by atoms with Crippen LogP contribution in [0, 0.1) is 0 Å². The molecule has 0 N–H and O–H groups in total. The van der Waals surface area contributed by atoms with Crippen molar-refractivity contribution < 1.29 is 13.2 Å². The number of benzene rings is 2. The Kier molecular flexibility index (Phi) is 6.99. The summed E-state index contributed by atoms with van der Waals surface area (Å²) in [4.78, 5) is 13.2. The van der Waals surface area contributed by atoms with Crippen LogP contribution >= 0.6 is 0 Å². The maximum Gasteiger partial charge on any atom is 0.346 e. The number of piperidine rings is 1. The van der Waals surface area contributed by atoms with Crippen molar-refractivity contribution in [2.45, 2.75) is 50.6 Å². The molecule has 33 heavy (non-hydrogen) atoms. The molecule has 4 rings (SSSR count). The Morgan fingerprint density at radius 1 is 1.00 bits per heavy atom. The summed E-state index contributed by atoms with van der Waals surface area (Å²) in [6, 6.07) is 16.3. The SMILES string of the molecule is CCOc1ccc(S(=O)(=O)N2CCC(c3nn(Cc4ccccc4)c(=O)n3CC)CC2)cc1. The standard InChI is InChI=1S/C24H30N4O4S/c1-3-27-23(25-28(24(27)29)18-19-8-6-5-7-9-19)20-14-16-26(17-15-20)33(30,31)22-12-10-21(11-13-22)32-4-2/h5-13,20H,3-4,14-18H2,1-2H3. The van der Waals surface area contributed by atoms with E-state index in [0.717, 1.165) is 11.4 Å². The molecule has 9 heteroatoms. The van der Waals surface area contributed by atoms with Gasteiger partial charge in [0.25, 0.3) is 0 Å². The van der Waals surface area contributed by atoms with Crippen molar-refractivity contribution in [3.63, 3.8) is 0 Å². The van der Waals surface area contributed by atoms with Gasteiger partial charge < -0.3 is 4.74 Å². The maximum absolute atomic E-state index is 13.1. The van der Waals surface area contributed by atoms with E-state index >= 15 is 0 Å². The molecular formula is C24H30N4O4S. The predicted molar refractivity (Wildman–Crippen MR) is 126 cm³/mol. The van der Waals surface area contributed by atoms with Gasteiger partial charge in [-0.1, -0.05) is 30.3 Å². The summed E-state index contributed by atoms with van der Waals surface area (Å²) >= 11 is 0. The molecule has 2 aromatic carbocycles. The van der Waals surface area contributed by atoms with Gasteiger partial charge in [0.05, 0.1) is 18.0 Å². The molecule has 0 unspecified atom stereocenters. The molecule has 0 bridgehead atoms. The van der Waals surface area contributed by atoms with E-state index in [0.29, 0.717) is 51.4 Å². The third-order valence-corrected chi connectivity index (χ3v) is 7.95. The molecule has 1 aliphatic rings. The quantitative estimate of drug-likeness (QED) is 0.505. The molecule has 0 saturated carbocycles. The second-order valence-electron chi connectivity index (χ2n) is 8.11. The molecule has 0 spiro atoms. The van der Waals surface area contributed by atoms with Crippen LogP contribution in [0.5, 0.6) is 5.75 Å². The van der Waals surface area contributed by atoms with Gasteiger partial charge in [-0.3, -0.25) is 4.57 Å². The Balaban J connectivity index is 1.48. The highest BCUT2D eigenvalue weighted by atomic mass is 32.2. The number of hydrogen-bond donors (Lipinski definition) is 0. The molecular weight excluding hydrogens is 440 g/mol. The van der Waals surface area contributed by atoms with Crippen molar-refractivity contribution in [2.75, 3.05) is 19.7 Å². The molecule has 176 valence electrons. The molecule has 1 aromatic heterocycles. The number of hydrogen-bond acceptors (Lipinski definition) is 5. The number of ether oxygens (including phenoxy) is 1. The van der Waals surface area contributed by atoms with Crippen LogP contribution in [0.1, 0.15) is 44.0 Å². The smallest absolute Gasteiger partial charge is 0.346 e. The van der Waals surface area contributed by atoms with Gasteiger partial charge in [0, 0.05) is 25.6 Å². The van der Waals surface area contributed by atoms with Crippen molar-refractivity contribution in [1.29, 1.82) is 0 Å². The zero-order valence-electron chi connectivity index (χ0n) is 19.1. The van der Waals surface area contributed by atoms with Crippen LogP contribution in [-0.2, 0) is 23.1 Å². The Morgan fingerprint density at radius 2 is 1.67 bits per heavy atom. The van der Waals surface area contributed by atoms with E-state index in [-0.39, 0.29) is 16.5 Å². The monoisotopic (exact) mass is 470 g/mol. The van der Waals surface area contributed by atoms with E-state index in [1.807, 2.05) is 44.2 Å². The van der Waals surface area contributed by atoms with Crippen LogP contribution in [-0.4, -0.2) is 46.8 Å². The summed E-state index contributed by atoms with van der Waals surface area (Å²) in [6.45, 7) is 6.09. The van der Waals surface area contributed by atoms with Crippen LogP contribution in [0.4, 0.5) is 0 Å². The summed E-state index contributed by atoms with van der Waals surface area (Å²) in [5.74, 6) is 1.44. The van der Waals surface area contributed by atoms with Gasteiger partial charge in [-0.15, -0.1) is 0 Å². The molecule has 1 fully saturated rings. The average Bonchev–Trinajstić information content (AvgIpc) is 3.15. The molecule has 0 amide bonds. The highest BCUT2D eigenvalue weighted by Gasteiger charge is 2.32. The fourth-order valence-electron chi connectivity index (χ4n) is 4.29. The van der Waals surface area contributed by atoms with Crippen LogP contribution in [0.25, 0.3) is 0 Å². The molecule has 2 heterocycles. The fourth-order valence-corrected chi connectivity index (χ4v) is 5.76. The van der Waals surface area contributed by atoms with Crippen LogP contribution < -0.4 is 10.4 Å². The maximum atomic E-state index is 13.1. The number of nitrogens with zero attached hydrogens (tertiary/aromatic N) is 4. The van der Waals surface area contributed by atoms with E-state index in [1.54, 1.807) is 28.8 Å². The molecule has 0 radical (unpaired) electrons. The normalized spacial score (nSPS) is 15.6. The Labute approximate surface area is 194 Å².